The zero-order valence-electron chi connectivity index (χ0n) is 11.6. The summed E-state index contributed by atoms with van der Waals surface area (Å²) < 4.78 is 0. The third kappa shape index (κ3) is 3.27. The zero-order valence-corrected chi connectivity index (χ0v) is 11.6. The molecule has 1 aromatic carbocycles. The summed E-state index contributed by atoms with van der Waals surface area (Å²) >= 11 is 0. The van der Waals surface area contributed by atoms with Crippen molar-refractivity contribution in [3.05, 3.63) is 24.3 Å². The third-order valence-electron chi connectivity index (χ3n) is 3.22. The molecule has 0 aliphatic carbocycles. The van der Waals surface area contributed by atoms with E-state index >= 15 is 0 Å². The Balaban J connectivity index is 2.06. The van der Waals surface area contributed by atoms with Crippen molar-refractivity contribution in [2.75, 3.05) is 23.3 Å². The van der Waals surface area contributed by atoms with Crippen LogP contribution in [0.2, 0.25) is 0 Å². The lowest BCUT2D eigenvalue weighted by atomic mass is 10.1. The number of nitrogens with zero attached hydrogens (tertiary/aromatic N) is 1. The van der Waals surface area contributed by atoms with Gasteiger partial charge in [-0.05, 0) is 24.6 Å². The molecule has 3 amide bonds. The molecule has 6 nitrogen and oxygen atoms in total. The second-order valence-electron chi connectivity index (χ2n) is 4.82. The highest BCUT2D eigenvalue weighted by molar-refractivity contribution is 5.97. The summed E-state index contributed by atoms with van der Waals surface area (Å²) in [6, 6.07) is 6.60. The predicted molar refractivity (Wildman–Crippen MR) is 78.7 cm³/mol. The molecule has 108 valence electrons. The summed E-state index contributed by atoms with van der Waals surface area (Å²) in [5, 5.41) is 5.53. The van der Waals surface area contributed by atoms with Crippen molar-refractivity contribution in [3.8, 4) is 0 Å². The van der Waals surface area contributed by atoms with E-state index in [9.17, 15) is 9.59 Å². The number of rotatable bonds is 5. The number of hydrogen-bond acceptors (Lipinski definition) is 3. The van der Waals surface area contributed by atoms with Gasteiger partial charge < -0.3 is 16.4 Å². The molecule has 1 aliphatic heterocycles. The summed E-state index contributed by atoms with van der Waals surface area (Å²) in [6.45, 7) is 3.25. The van der Waals surface area contributed by atoms with Crippen LogP contribution >= 0.6 is 0 Å². The summed E-state index contributed by atoms with van der Waals surface area (Å²) in [5.41, 5.74) is 7.19. The van der Waals surface area contributed by atoms with Crippen LogP contribution in [-0.2, 0) is 4.79 Å². The van der Waals surface area contributed by atoms with Crippen molar-refractivity contribution >= 4 is 23.3 Å². The van der Waals surface area contributed by atoms with Crippen molar-refractivity contribution in [1.29, 1.82) is 0 Å². The molecule has 0 spiro atoms. The molecule has 1 saturated heterocycles. The third-order valence-corrected chi connectivity index (χ3v) is 3.22. The number of urea groups is 1. The Labute approximate surface area is 118 Å². The van der Waals surface area contributed by atoms with Gasteiger partial charge in [-0.2, -0.15) is 0 Å². The smallest absolute Gasteiger partial charge is 0.321 e. The molecule has 1 aromatic rings. The molecule has 4 N–H and O–H groups in total. The van der Waals surface area contributed by atoms with Gasteiger partial charge in [0.15, 0.2) is 0 Å². The molecule has 0 radical (unpaired) electrons. The molecule has 1 unspecified atom stereocenters. The second-order valence-corrected chi connectivity index (χ2v) is 4.82. The number of benzene rings is 1. The Kier molecular flexibility index (Phi) is 4.57. The highest BCUT2D eigenvalue weighted by atomic mass is 16.2. The van der Waals surface area contributed by atoms with Crippen molar-refractivity contribution in [2.45, 2.75) is 25.8 Å². The molecule has 20 heavy (non-hydrogen) atoms. The molecule has 1 heterocycles. The average Bonchev–Trinajstić information content (AvgIpc) is 2.85. The van der Waals surface area contributed by atoms with Crippen LogP contribution < -0.4 is 21.3 Å². The fourth-order valence-corrected chi connectivity index (χ4v) is 2.15. The van der Waals surface area contributed by atoms with Crippen LogP contribution in [0.4, 0.5) is 16.2 Å². The first-order valence-electron chi connectivity index (χ1n) is 6.83. The van der Waals surface area contributed by atoms with Gasteiger partial charge in [-0.3, -0.25) is 9.69 Å². The van der Waals surface area contributed by atoms with Gasteiger partial charge >= 0.3 is 6.03 Å². The van der Waals surface area contributed by atoms with Crippen LogP contribution in [0.5, 0.6) is 0 Å². The molecular weight excluding hydrogens is 256 g/mol. The number of carbonyl (C=O) groups excluding carboxylic acids is 2. The minimum absolute atomic E-state index is 0.115. The Morgan fingerprint density at radius 1 is 1.55 bits per heavy atom. The SMILES string of the molecule is CCCC(N)C(=O)Nc1cccc(N2CCNC2=O)c1. The summed E-state index contributed by atoms with van der Waals surface area (Å²) in [6.07, 6.45) is 1.52. The molecule has 1 atom stereocenters. The van der Waals surface area contributed by atoms with E-state index in [1.165, 1.54) is 0 Å². The van der Waals surface area contributed by atoms with Gasteiger partial charge in [0.1, 0.15) is 0 Å². The van der Waals surface area contributed by atoms with Crippen LogP contribution in [0.1, 0.15) is 19.8 Å². The Hall–Kier alpha value is -2.08. The molecule has 0 bridgehead atoms. The molecule has 0 aromatic heterocycles. The van der Waals surface area contributed by atoms with Gasteiger partial charge in [0, 0.05) is 24.5 Å². The lowest BCUT2D eigenvalue weighted by Gasteiger charge is -2.16. The van der Waals surface area contributed by atoms with Gasteiger partial charge in [-0.1, -0.05) is 19.4 Å². The predicted octanol–water partition coefficient (Wildman–Crippen LogP) is 1.28. The fourth-order valence-electron chi connectivity index (χ4n) is 2.15. The van der Waals surface area contributed by atoms with Crippen molar-refractivity contribution in [2.24, 2.45) is 5.73 Å². The molecule has 1 aliphatic rings. The first kappa shape index (κ1) is 14.3. The van der Waals surface area contributed by atoms with Crippen molar-refractivity contribution in [3.63, 3.8) is 0 Å². The van der Waals surface area contributed by atoms with E-state index in [-0.39, 0.29) is 11.9 Å². The quantitative estimate of drug-likeness (QED) is 0.757. The second kappa shape index (κ2) is 6.38. The minimum Gasteiger partial charge on any atom is -0.336 e. The summed E-state index contributed by atoms with van der Waals surface area (Å²) in [5.74, 6) is -0.199. The first-order valence-corrected chi connectivity index (χ1v) is 6.83. The standard InChI is InChI=1S/C14H20N4O2/c1-2-4-12(15)13(19)17-10-5-3-6-11(9-10)18-8-7-16-14(18)20/h3,5-6,9,12H,2,4,7-8,15H2,1H3,(H,16,20)(H,17,19). The maximum absolute atomic E-state index is 11.9. The summed E-state index contributed by atoms with van der Waals surface area (Å²) in [4.78, 5) is 25.1. The fraction of sp³-hybridized carbons (Fsp3) is 0.429. The van der Waals surface area contributed by atoms with E-state index in [4.69, 9.17) is 5.73 Å². The normalized spacial score (nSPS) is 15.9. The lowest BCUT2D eigenvalue weighted by Crippen LogP contribution is -2.35. The number of hydrogen-bond donors (Lipinski definition) is 3. The molecule has 6 heteroatoms. The molecule has 0 saturated carbocycles. The van der Waals surface area contributed by atoms with Gasteiger partial charge in [0.25, 0.3) is 0 Å². The van der Waals surface area contributed by atoms with Gasteiger partial charge in [-0.25, -0.2) is 4.79 Å². The number of nitrogens with one attached hydrogen (secondary N) is 2. The lowest BCUT2D eigenvalue weighted by molar-refractivity contribution is -0.117. The van der Waals surface area contributed by atoms with Crippen molar-refractivity contribution in [1.82, 2.24) is 5.32 Å². The number of nitrogens with two attached hydrogens (primary N) is 1. The van der Waals surface area contributed by atoms with E-state index in [2.05, 4.69) is 10.6 Å². The number of carbonyl (C=O) groups is 2. The zero-order chi connectivity index (χ0) is 14.5. The van der Waals surface area contributed by atoms with E-state index < -0.39 is 6.04 Å². The van der Waals surface area contributed by atoms with Crippen LogP contribution in [0.3, 0.4) is 0 Å². The van der Waals surface area contributed by atoms with Crippen LogP contribution in [0, 0.1) is 0 Å². The highest BCUT2D eigenvalue weighted by Crippen LogP contribution is 2.21. The Bertz CT molecular complexity index is 504. The molecule has 2 rings (SSSR count). The minimum atomic E-state index is -0.501. The van der Waals surface area contributed by atoms with Gasteiger partial charge in [-0.15, -0.1) is 0 Å². The van der Waals surface area contributed by atoms with E-state index in [0.717, 1.165) is 12.1 Å². The number of amides is 3. The first-order chi connectivity index (χ1) is 9.61. The van der Waals surface area contributed by atoms with E-state index in [0.29, 0.717) is 25.2 Å². The van der Waals surface area contributed by atoms with Crippen LogP contribution in [0.25, 0.3) is 0 Å². The Morgan fingerprint density at radius 2 is 2.35 bits per heavy atom. The number of anilines is 2. The maximum Gasteiger partial charge on any atom is 0.321 e. The molecule has 1 fully saturated rings. The highest BCUT2D eigenvalue weighted by Gasteiger charge is 2.21. The monoisotopic (exact) mass is 276 g/mol. The van der Waals surface area contributed by atoms with E-state index in [1.807, 2.05) is 19.1 Å². The largest absolute Gasteiger partial charge is 0.336 e. The maximum atomic E-state index is 11.9. The van der Waals surface area contributed by atoms with E-state index in [1.54, 1.807) is 17.0 Å². The van der Waals surface area contributed by atoms with Crippen molar-refractivity contribution < 1.29 is 9.59 Å². The Morgan fingerprint density at radius 3 is 3.00 bits per heavy atom. The topological polar surface area (TPSA) is 87.5 Å². The molecular formula is C14H20N4O2. The van der Waals surface area contributed by atoms with Crippen LogP contribution in [-0.4, -0.2) is 31.1 Å². The summed E-state index contributed by atoms with van der Waals surface area (Å²) in [7, 11) is 0. The average molecular weight is 276 g/mol. The van der Waals surface area contributed by atoms with Crippen LogP contribution in [0.15, 0.2) is 24.3 Å². The van der Waals surface area contributed by atoms with Gasteiger partial charge in [0.05, 0.1) is 6.04 Å². The van der Waals surface area contributed by atoms with Gasteiger partial charge in [0.2, 0.25) is 5.91 Å².